The maximum Gasteiger partial charge on any atom is 0.145 e. The van der Waals surface area contributed by atoms with Crippen molar-refractivity contribution in [3.63, 3.8) is 0 Å². The van der Waals surface area contributed by atoms with Crippen molar-refractivity contribution in [2.75, 3.05) is 0 Å². The van der Waals surface area contributed by atoms with E-state index in [-0.39, 0.29) is 10.8 Å². The minimum atomic E-state index is -0.0813. The van der Waals surface area contributed by atoms with Gasteiger partial charge in [-0.25, -0.2) is 4.98 Å². The fourth-order valence-corrected chi connectivity index (χ4v) is 6.93. The third kappa shape index (κ3) is 3.99. The number of benzene rings is 5. The summed E-state index contributed by atoms with van der Waals surface area (Å²) in [6.45, 7) is 13.7. The molecule has 0 radical (unpaired) electrons. The van der Waals surface area contributed by atoms with E-state index in [1.54, 1.807) is 0 Å². The van der Waals surface area contributed by atoms with Crippen molar-refractivity contribution in [2.24, 2.45) is 0 Å². The molecule has 0 saturated carbocycles. The van der Waals surface area contributed by atoms with Crippen LogP contribution in [0, 0.1) is 0 Å². The molecule has 0 atom stereocenters. The molecular formula is C41H36N2O. The number of hydrogen-bond donors (Lipinski definition) is 0. The van der Waals surface area contributed by atoms with E-state index in [0.29, 0.717) is 0 Å². The van der Waals surface area contributed by atoms with E-state index < -0.39 is 0 Å². The molecule has 0 aliphatic heterocycles. The third-order valence-corrected chi connectivity index (χ3v) is 8.91. The summed E-state index contributed by atoms with van der Waals surface area (Å²) in [6, 6.07) is 39.2. The second kappa shape index (κ2) is 9.30. The predicted octanol–water partition coefficient (Wildman–Crippen LogP) is 11.5. The van der Waals surface area contributed by atoms with Gasteiger partial charge < -0.3 is 4.42 Å². The fourth-order valence-electron chi connectivity index (χ4n) is 6.93. The predicted molar refractivity (Wildman–Crippen MR) is 186 cm³/mol. The highest BCUT2D eigenvalue weighted by atomic mass is 16.3. The van der Waals surface area contributed by atoms with E-state index in [9.17, 15) is 0 Å². The molecule has 0 aliphatic carbocycles. The Morgan fingerprint density at radius 2 is 1.20 bits per heavy atom. The molecule has 3 nitrogen and oxygen atoms in total. The van der Waals surface area contributed by atoms with E-state index >= 15 is 0 Å². The number of fused-ring (bicyclic) bond motifs is 9. The zero-order valence-electron chi connectivity index (χ0n) is 26.2. The van der Waals surface area contributed by atoms with Crippen molar-refractivity contribution >= 4 is 49.3 Å². The first-order valence-electron chi connectivity index (χ1n) is 15.5. The summed E-state index contributed by atoms with van der Waals surface area (Å²) in [5.74, 6) is 0. The summed E-state index contributed by atoms with van der Waals surface area (Å²) >= 11 is 0. The molecular weight excluding hydrogens is 536 g/mol. The van der Waals surface area contributed by atoms with Gasteiger partial charge in [0.15, 0.2) is 0 Å². The summed E-state index contributed by atoms with van der Waals surface area (Å²) in [5.41, 5.74) is 11.0. The summed E-state index contributed by atoms with van der Waals surface area (Å²) < 4.78 is 8.82. The number of hydrogen-bond acceptors (Lipinski definition) is 2. The number of nitrogens with zero attached hydrogens (tertiary/aromatic N) is 2. The monoisotopic (exact) mass is 572 g/mol. The molecule has 0 bridgehead atoms. The average Bonchev–Trinajstić information content (AvgIpc) is 3.61. The number of rotatable bonds is 2. The van der Waals surface area contributed by atoms with Gasteiger partial charge in [0.1, 0.15) is 16.8 Å². The lowest BCUT2D eigenvalue weighted by Crippen LogP contribution is -2.23. The Hall–Kier alpha value is -4.89. The molecule has 0 spiro atoms. The van der Waals surface area contributed by atoms with Gasteiger partial charge in [-0.3, -0.25) is 4.40 Å². The van der Waals surface area contributed by atoms with Crippen molar-refractivity contribution in [3.8, 4) is 22.3 Å². The van der Waals surface area contributed by atoms with Gasteiger partial charge in [-0.05, 0) is 46.3 Å². The number of imidazole rings is 1. The Morgan fingerprint density at radius 3 is 1.98 bits per heavy atom. The molecule has 5 aromatic carbocycles. The number of aromatic nitrogens is 2. The maximum absolute atomic E-state index is 6.39. The summed E-state index contributed by atoms with van der Waals surface area (Å²) in [7, 11) is 0. The zero-order valence-corrected chi connectivity index (χ0v) is 26.2. The van der Waals surface area contributed by atoms with Crippen LogP contribution in [0.25, 0.3) is 71.5 Å². The summed E-state index contributed by atoms with van der Waals surface area (Å²) in [4.78, 5) is 5.35. The molecule has 8 rings (SSSR count). The quantitative estimate of drug-likeness (QED) is 0.193. The third-order valence-electron chi connectivity index (χ3n) is 8.91. The van der Waals surface area contributed by atoms with E-state index in [1.807, 2.05) is 12.1 Å². The van der Waals surface area contributed by atoms with Gasteiger partial charge in [-0.15, -0.1) is 0 Å². The van der Waals surface area contributed by atoms with Gasteiger partial charge >= 0.3 is 0 Å². The van der Waals surface area contributed by atoms with Gasteiger partial charge in [0.05, 0.1) is 16.9 Å². The fraction of sp³-hybridized carbons (Fsp3) is 0.195. The first-order valence-corrected chi connectivity index (χ1v) is 15.5. The molecule has 44 heavy (non-hydrogen) atoms. The Morgan fingerprint density at radius 1 is 0.545 bits per heavy atom. The second-order valence-corrected chi connectivity index (χ2v) is 14.1. The van der Waals surface area contributed by atoms with Crippen molar-refractivity contribution in [1.29, 1.82) is 0 Å². The Kier molecular flexibility index (Phi) is 5.65. The van der Waals surface area contributed by atoms with Crippen LogP contribution in [-0.4, -0.2) is 9.38 Å². The van der Waals surface area contributed by atoms with E-state index in [1.165, 1.54) is 44.2 Å². The Labute approximate surface area is 257 Å². The molecule has 0 saturated heterocycles. The van der Waals surface area contributed by atoms with Crippen LogP contribution < -0.4 is 0 Å². The molecule has 3 heteroatoms. The first kappa shape index (κ1) is 26.7. The van der Waals surface area contributed by atoms with E-state index in [0.717, 1.165) is 38.7 Å². The highest BCUT2D eigenvalue weighted by molar-refractivity contribution is 6.13. The van der Waals surface area contributed by atoms with Crippen LogP contribution in [-0.2, 0) is 10.8 Å². The lowest BCUT2D eigenvalue weighted by molar-refractivity contribution is 0.508. The lowest BCUT2D eigenvalue weighted by atomic mass is 9.82. The average molecular weight is 573 g/mol. The molecule has 0 fully saturated rings. The Bertz CT molecular complexity index is 2410. The number of para-hydroxylation sites is 2. The minimum absolute atomic E-state index is 0.0782. The van der Waals surface area contributed by atoms with Crippen LogP contribution in [0.1, 0.15) is 52.9 Å². The van der Waals surface area contributed by atoms with Crippen molar-refractivity contribution < 1.29 is 4.42 Å². The first-order chi connectivity index (χ1) is 21.1. The number of pyridine rings is 1. The zero-order chi connectivity index (χ0) is 30.4. The molecule has 3 aromatic heterocycles. The Balaban J connectivity index is 1.37. The highest BCUT2D eigenvalue weighted by Crippen LogP contribution is 2.41. The van der Waals surface area contributed by atoms with Gasteiger partial charge in [0, 0.05) is 37.9 Å². The molecule has 0 N–H and O–H groups in total. The van der Waals surface area contributed by atoms with Crippen molar-refractivity contribution in [2.45, 2.75) is 52.4 Å². The standard InChI is InChI=1S/C41H36N2O/c1-40(2,3)37-38(41(4,5)6)43-34-22-21-26(24-33(34)29-15-7-8-17-32(29)39(43)42-37)25-13-11-14-27(23-25)28-18-12-19-31-30-16-9-10-20-35(30)44-36(28)31/h7-24H,1-6H3. The largest absolute Gasteiger partial charge is 0.455 e. The van der Waals surface area contributed by atoms with Crippen LogP contribution in [0.2, 0.25) is 0 Å². The van der Waals surface area contributed by atoms with Crippen molar-refractivity contribution in [3.05, 3.63) is 121 Å². The minimum Gasteiger partial charge on any atom is -0.455 e. The van der Waals surface area contributed by atoms with Crippen LogP contribution >= 0.6 is 0 Å². The molecule has 3 heterocycles. The van der Waals surface area contributed by atoms with Crippen LogP contribution in [0.3, 0.4) is 0 Å². The van der Waals surface area contributed by atoms with E-state index in [4.69, 9.17) is 9.40 Å². The summed E-state index contributed by atoms with van der Waals surface area (Å²) in [6.07, 6.45) is 0. The molecule has 0 aliphatic rings. The second-order valence-electron chi connectivity index (χ2n) is 14.1. The number of furan rings is 1. The topological polar surface area (TPSA) is 30.4 Å². The molecule has 8 aromatic rings. The smallest absolute Gasteiger partial charge is 0.145 e. The molecule has 0 unspecified atom stereocenters. The van der Waals surface area contributed by atoms with Crippen LogP contribution in [0.5, 0.6) is 0 Å². The van der Waals surface area contributed by atoms with Crippen LogP contribution in [0.4, 0.5) is 0 Å². The molecule has 0 amide bonds. The lowest BCUT2D eigenvalue weighted by Gasteiger charge is -2.26. The SMILES string of the molecule is CC(C)(C)c1nc2c3ccccc3c3cc(-c4cccc(-c5cccc6c5oc5ccccc56)c4)ccc3n2c1C(C)(C)C. The summed E-state index contributed by atoms with van der Waals surface area (Å²) in [5, 5.41) is 5.94. The van der Waals surface area contributed by atoms with Gasteiger partial charge in [0.25, 0.3) is 0 Å². The highest BCUT2D eigenvalue weighted by Gasteiger charge is 2.32. The van der Waals surface area contributed by atoms with Crippen LogP contribution in [0.15, 0.2) is 114 Å². The van der Waals surface area contributed by atoms with Gasteiger partial charge in [-0.2, -0.15) is 0 Å². The van der Waals surface area contributed by atoms with Gasteiger partial charge in [0.2, 0.25) is 0 Å². The normalized spacial score (nSPS) is 12.8. The van der Waals surface area contributed by atoms with Gasteiger partial charge in [-0.1, -0.05) is 126 Å². The van der Waals surface area contributed by atoms with E-state index in [2.05, 4.69) is 143 Å². The maximum atomic E-state index is 6.39. The molecule has 216 valence electrons. The van der Waals surface area contributed by atoms with Crippen molar-refractivity contribution in [1.82, 2.24) is 9.38 Å².